The van der Waals surface area contributed by atoms with Crippen molar-refractivity contribution in [3.63, 3.8) is 0 Å². The lowest BCUT2D eigenvalue weighted by Gasteiger charge is -2.12. The first-order chi connectivity index (χ1) is 6.19. The van der Waals surface area contributed by atoms with Gasteiger partial charge in [-0.25, -0.2) is 0 Å². The summed E-state index contributed by atoms with van der Waals surface area (Å²) in [6.45, 7) is 4.30. The van der Waals surface area contributed by atoms with Crippen molar-refractivity contribution >= 4 is 0 Å². The molecule has 0 amide bonds. The summed E-state index contributed by atoms with van der Waals surface area (Å²) in [5.74, 6) is 1.26. The van der Waals surface area contributed by atoms with E-state index in [1.807, 2.05) is 18.2 Å². The zero-order chi connectivity index (χ0) is 9.84. The van der Waals surface area contributed by atoms with Gasteiger partial charge in [-0.05, 0) is 29.2 Å². The van der Waals surface area contributed by atoms with Gasteiger partial charge in [0.25, 0.3) is 0 Å². The number of hydrogen-bond acceptors (Lipinski definition) is 2. The standard InChI is InChI=1S/C11H16O2/c1-8(2)11-6-10(13-3)5-4-9(11)7-12/h4-6,8,12H,7H2,1-3H3. The van der Waals surface area contributed by atoms with Crippen molar-refractivity contribution < 1.29 is 9.84 Å². The van der Waals surface area contributed by atoms with E-state index in [1.54, 1.807) is 7.11 Å². The number of hydrogen-bond donors (Lipinski definition) is 1. The van der Waals surface area contributed by atoms with Crippen LogP contribution < -0.4 is 4.74 Å². The van der Waals surface area contributed by atoms with Gasteiger partial charge >= 0.3 is 0 Å². The van der Waals surface area contributed by atoms with E-state index in [4.69, 9.17) is 9.84 Å². The van der Waals surface area contributed by atoms with Crippen molar-refractivity contribution in [2.75, 3.05) is 7.11 Å². The molecule has 0 bridgehead atoms. The topological polar surface area (TPSA) is 29.5 Å². The predicted molar refractivity (Wildman–Crippen MR) is 53.0 cm³/mol. The number of methoxy groups -OCH3 is 1. The molecule has 2 nitrogen and oxygen atoms in total. The van der Waals surface area contributed by atoms with Crippen LogP contribution in [0.25, 0.3) is 0 Å². The van der Waals surface area contributed by atoms with E-state index in [9.17, 15) is 0 Å². The second kappa shape index (κ2) is 4.28. The molecule has 0 unspecified atom stereocenters. The minimum Gasteiger partial charge on any atom is -0.497 e. The summed E-state index contributed by atoms with van der Waals surface area (Å²) < 4.78 is 5.12. The summed E-state index contributed by atoms with van der Waals surface area (Å²) in [5, 5.41) is 9.09. The van der Waals surface area contributed by atoms with Crippen LogP contribution in [0.1, 0.15) is 30.9 Å². The van der Waals surface area contributed by atoms with Gasteiger partial charge in [0.1, 0.15) is 5.75 Å². The summed E-state index contributed by atoms with van der Waals surface area (Å²) in [4.78, 5) is 0. The Morgan fingerprint density at radius 3 is 2.54 bits per heavy atom. The predicted octanol–water partition coefficient (Wildman–Crippen LogP) is 2.31. The maximum absolute atomic E-state index is 9.09. The fourth-order valence-electron chi connectivity index (χ4n) is 1.38. The highest BCUT2D eigenvalue weighted by Crippen LogP contribution is 2.24. The summed E-state index contributed by atoms with van der Waals surface area (Å²) >= 11 is 0. The first-order valence-electron chi connectivity index (χ1n) is 4.46. The lowest BCUT2D eigenvalue weighted by Crippen LogP contribution is -1.97. The molecule has 0 saturated carbocycles. The van der Waals surface area contributed by atoms with Crippen molar-refractivity contribution in [2.24, 2.45) is 0 Å². The quantitative estimate of drug-likeness (QED) is 0.773. The molecule has 13 heavy (non-hydrogen) atoms. The molecule has 0 saturated heterocycles. The summed E-state index contributed by atoms with van der Waals surface area (Å²) in [7, 11) is 1.65. The summed E-state index contributed by atoms with van der Waals surface area (Å²) in [6, 6.07) is 5.77. The zero-order valence-electron chi connectivity index (χ0n) is 8.37. The molecule has 72 valence electrons. The average molecular weight is 180 g/mol. The number of aliphatic hydroxyl groups is 1. The van der Waals surface area contributed by atoms with Crippen LogP contribution in [-0.2, 0) is 6.61 Å². The van der Waals surface area contributed by atoms with E-state index < -0.39 is 0 Å². The van der Waals surface area contributed by atoms with Crippen LogP contribution in [0, 0.1) is 0 Å². The fraction of sp³-hybridized carbons (Fsp3) is 0.455. The third-order valence-corrected chi connectivity index (χ3v) is 2.15. The Morgan fingerprint density at radius 2 is 2.08 bits per heavy atom. The molecule has 1 rings (SSSR count). The Hall–Kier alpha value is -1.02. The molecule has 2 heteroatoms. The van der Waals surface area contributed by atoms with Gasteiger partial charge in [0.2, 0.25) is 0 Å². The van der Waals surface area contributed by atoms with E-state index in [0.717, 1.165) is 16.9 Å². The molecule has 0 atom stereocenters. The van der Waals surface area contributed by atoms with Crippen LogP contribution in [0.3, 0.4) is 0 Å². The van der Waals surface area contributed by atoms with Crippen molar-refractivity contribution in [2.45, 2.75) is 26.4 Å². The fourth-order valence-corrected chi connectivity index (χ4v) is 1.38. The van der Waals surface area contributed by atoms with E-state index >= 15 is 0 Å². The van der Waals surface area contributed by atoms with Gasteiger partial charge in [0.15, 0.2) is 0 Å². The molecule has 0 radical (unpaired) electrons. The van der Waals surface area contributed by atoms with Gasteiger partial charge < -0.3 is 9.84 Å². The minimum atomic E-state index is 0.0947. The van der Waals surface area contributed by atoms with Gasteiger partial charge in [-0.2, -0.15) is 0 Å². The van der Waals surface area contributed by atoms with E-state index in [2.05, 4.69) is 13.8 Å². The van der Waals surface area contributed by atoms with Gasteiger partial charge in [-0.3, -0.25) is 0 Å². The highest BCUT2D eigenvalue weighted by atomic mass is 16.5. The molecule has 0 aliphatic rings. The molecule has 0 aromatic heterocycles. The largest absolute Gasteiger partial charge is 0.497 e. The third kappa shape index (κ3) is 2.22. The maximum atomic E-state index is 9.09. The molecule has 0 aliphatic carbocycles. The number of ether oxygens (including phenoxy) is 1. The average Bonchev–Trinajstić information content (AvgIpc) is 2.16. The van der Waals surface area contributed by atoms with Crippen LogP contribution in [-0.4, -0.2) is 12.2 Å². The Kier molecular flexibility index (Phi) is 3.32. The molecule has 1 aromatic carbocycles. The van der Waals surface area contributed by atoms with Crippen molar-refractivity contribution in [1.82, 2.24) is 0 Å². The molecular weight excluding hydrogens is 164 g/mol. The molecule has 1 N–H and O–H groups in total. The first kappa shape index (κ1) is 10.1. The van der Waals surface area contributed by atoms with Crippen molar-refractivity contribution in [3.05, 3.63) is 29.3 Å². The van der Waals surface area contributed by atoms with Crippen LogP contribution in [0.15, 0.2) is 18.2 Å². The van der Waals surface area contributed by atoms with Gasteiger partial charge in [0, 0.05) is 0 Å². The Morgan fingerprint density at radius 1 is 1.38 bits per heavy atom. The number of rotatable bonds is 3. The molecule has 0 heterocycles. The minimum absolute atomic E-state index is 0.0947. The van der Waals surface area contributed by atoms with Crippen LogP contribution in [0.4, 0.5) is 0 Å². The van der Waals surface area contributed by atoms with E-state index in [-0.39, 0.29) is 6.61 Å². The number of aliphatic hydroxyl groups excluding tert-OH is 1. The van der Waals surface area contributed by atoms with Crippen LogP contribution >= 0.6 is 0 Å². The lowest BCUT2D eigenvalue weighted by molar-refractivity contribution is 0.280. The second-order valence-corrected chi connectivity index (χ2v) is 3.38. The third-order valence-electron chi connectivity index (χ3n) is 2.15. The Balaban J connectivity index is 3.10. The van der Waals surface area contributed by atoms with Gasteiger partial charge in [-0.1, -0.05) is 19.9 Å². The van der Waals surface area contributed by atoms with E-state index in [1.165, 1.54) is 0 Å². The Bertz CT molecular complexity index is 279. The van der Waals surface area contributed by atoms with Gasteiger partial charge in [-0.15, -0.1) is 0 Å². The summed E-state index contributed by atoms with van der Waals surface area (Å²) in [6.07, 6.45) is 0. The van der Waals surface area contributed by atoms with Gasteiger partial charge in [0.05, 0.1) is 13.7 Å². The Labute approximate surface area is 79.2 Å². The van der Waals surface area contributed by atoms with E-state index in [0.29, 0.717) is 5.92 Å². The molecule has 1 aromatic rings. The second-order valence-electron chi connectivity index (χ2n) is 3.38. The van der Waals surface area contributed by atoms with Crippen molar-refractivity contribution in [3.8, 4) is 5.75 Å². The zero-order valence-corrected chi connectivity index (χ0v) is 8.37. The van der Waals surface area contributed by atoms with Crippen LogP contribution in [0.2, 0.25) is 0 Å². The smallest absolute Gasteiger partial charge is 0.119 e. The molecule has 0 aliphatic heterocycles. The highest BCUT2D eigenvalue weighted by Gasteiger charge is 2.06. The molecule has 0 fully saturated rings. The maximum Gasteiger partial charge on any atom is 0.119 e. The lowest BCUT2D eigenvalue weighted by atomic mass is 9.97. The number of benzene rings is 1. The monoisotopic (exact) mass is 180 g/mol. The highest BCUT2D eigenvalue weighted by molar-refractivity contribution is 5.37. The SMILES string of the molecule is COc1ccc(CO)c(C(C)C)c1. The first-order valence-corrected chi connectivity index (χ1v) is 4.46. The van der Waals surface area contributed by atoms with Crippen molar-refractivity contribution in [1.29, 1.82) is 0 Å². The normalized spacial score (nSPS) is 10.5. The molecular formula is C11H16O2. The summed E-state index contributed by atoms with van der Waals surface area (Å²) in [5.41, 5.74) is 2.14. The molecule has 0 spiro atoms. The van der Waals surface area contributed by atoms with Crippen LogP contribution in [0.5, 0.6) is 5.75 Å².